The van der Waals surface area contributed by atoms with Gasteiger partial charge in [-0.1, -0.05) is 12.1 Å². The molecule has 1 aromatic rings. The Morgan fingerprint density at radius 3 is 2.65 bits per heavy atom. The third-order valence-electron chi connectivity index (χ3n) is 1.92. The number of aryl methyl sites for hydroxylation is 1. The summed E-state index contributed by atoms with van der Waals surface area (Å²) in [4.78, 5) is 26.7. The first-order valence-electron chi connectivity index (χ1n) is 5.05. The first-order valence-corrected chi connectivity index (χ1v) is 5.05. The first kappa shape index (κ1) is 13.1. The molecule has 0 aliphatic carbocycles. The lowest BCUT2D eigenvalue weighted by molar-refractivity contribution is -0.138. The quantitative estimate of drug-likeness (QED) is 0.628. The minimum atomic E-state index is -1.05. The van der Waals surface area contributed by atoms with Crippen molar-refractivity contribution in [1.29, 1.82) is 0 Å². The molecule has 8 heteroatoms. The molecule has 1 heterocycles. The zero-order valence-corrected chi connectivity index (χ0v) is 9.42. The molecule has 0 saturated carbocycles. The van der Waals surface area contributed by atoms with Gasteiger partial charge >= 0.3 is 5.97 Å². The summed E-state index contributed by atoms with van der Waals surface area (Å²) < 4.78 is 4.90. The van der Waals surface area contributed by atoms with Gasteiger partial charge in [0.15, 0.2) is 5.82 Å². The normalized spacial score (nSPS) is 10.7. The van der Waals surface area contributed by atoms with E-state index in [4.69, 9.17) is 15.4 Å². The zero-order chi connectivity index (χ0) is 12.8. The van der Waals surface area contributed by atoms with Crippen molar-refractivity contribution < 1.29 is 19.2 Å². The SMILES string of the molecule is CCc1noc(CN(CC(N)=O)CC(=O)O)n1. The van der Waals surface area contributed by atoms with Crippen molar-refractivity contribution in [3.05, 3.63) is 11.7 Å². The molecule has 0 bridgehead atoms. The lowest BCUT2D eigenvalue weighted by Gasteiger charge is -2.15. The highest BCUT2D eigenvalue weighted by Gasteiger charge is 2.16. The fourth-order valence-corrected chi connectivity index (χ4v) is 1.27. The van der Waals surface area contributed by atoms with E-state index in [1.165, 1.54) is 4.90 Å². The number of hydrogen-bond acceptors (Lipinski definition) is 6. The molecule has 0 saturated heterocycles. The van der Waals surface area contributed by atoms with Crippen LogP contribution in [-0.4, -0.2) is 45.1 Å². The molecule has 0 spiro atoms. The number of amides is 1. The molecule has 0 unspecified atom stereocenters. The van der Waals surface area contributed by atoms with Crippen LogP contribution >= 0.6 is 0 Å². The van der Waals surface area contributed by atoms with Crippen molar-refractivity contribution in [2.24, 2.45) is 5.73 Å². The van der Waals surface area contributed by atoms with Gasteiger partial charge in [0.2, 0.25) is 11.8 Å². The predicted molar refractivity (Wildman–Crippen MR) is 55.8 cm³/mol. The van der Waals surface area contributed by atoms with Gasteiger partial charge in [0.05, 0.1) is 19.6 Å². The lowest BCUT2D eigenvalue weighted by atomic mass is 10.4. The molecule has 3 N–H and O–H groups in total. The Balaban J connectivity index is 2.64. The molecule has 0 fully saturated rings. The van der Waals surface area contributed by atoms with E-state index in [-0.39, 0.29) is 25.5 Å². The Labute approximate surface area is 97.4 Å². The van der Waals surface area contributed by atoms with Gasteiger partial charge in [-0.15, -0.1) is 0 Å². The van der Waals surface area contributed by atoms with Crippen LogP contribution in [0.25, 0.3) is 0 Å². The Bertz CT molecular complexity index is 387. The van der Waals surface area contributed by atoms with Gasteiger partial charge in [-0.3, -0.25) is 14.5 Å². The average Bonchev–Trinajstić information content (AvgIpc) is 2.63. The number of nitrogens with zero attached hydrogens (tertiary/aromatic N) is 3. The summed E-state index contributed by atoms with van der Waals surface area (Å²) >= 11 is 0. The first-order chi connectivity index (χ1) is 8.01. The Morgan fingerprint density at radius 2 is 2.18 bits per heavy atom. The molecule has 0 aliphatic heterocycles. The lowest BCUT2D eigenvalue weighted by Crippen LogP contribution is -2.36. The van der Waals surface area contributed by atoms with E-state index < -0.39 is 11.9 Å². The van der Waals surface area contributed by atoms with Crippen LogP contribution < -0.4 is 5.73 Å². The van der Waals surface area contributed by atoms with Gasteiger partial charge in [0.25, 0.3) is 0 Å². The standard InChI is InChI=1S/C9H14N4O4/c1-2-7-11-8(17-12-7)4-13(3-6(10)14)5-9(15)16/h2-5H2,1H3,(H2,10,14)(H,15,16). The highest BCUT2D eigenvalue weighted by atomic mass is 16.5. The minimum absolute atomic E-state index is 0.0856. The fraction of sp³-hybridized carbons (Fsp3) is 0.556. The van der Waals surface area contributed by atoms with E-state index in [0.29, 0.717) is 12.2 Å². The maximum absolute atomic E-state index is 10.8. The van der Waals surface area contributed by atoms with Crippen LogP contribution in [0.1, 0.15) is 18.6 Å². The summed E-state index contributed by atoms with van der Waals surface area (Å²) in [6.07, 6.45) is 0.623. The third kappa shape index (κ3) is 4.60. The summed E-state index contributed by atoms with van der Waals surface area (Å²) in [6.45, 7) is 1.47. The van der Waals surface area contributed by atoms with Crippen molar-refractivity contribution in [2.45, 2.75) is 19.9 Å². The number of carbonyl (C=O) groups is 2. The van der Waals surface area contributed by atoms with Crippen LogP contribution in [0.3, 0.4) is 0 Å². The maximum atomic E-state index is 10.8. The number of aromatic nitrogens is 2. The smallest absolute Gasteiger partial charge is 0.317 e. The average molecular weight is 242 g/mol. The van der Waals surface area contributed by atoms with Crippen LogP contribution in [0, 0.1) is 0 Å². The second-order valence-electron chi connectivity index (χ2n) is 3.46. The Morgan fingerprint density at radius 1 is 1.47 bits per heavy atom. The largest absolute Gasteiger partial charge is 0.480 e. The van der Waals surface area contributed by atoms with E-state index >= 15 is 0 Å². The van der Waals surface area contributed by atoms with Crippen LogP contribution in [0.15, 0.2) is 4.52 Å². The molecule has 0 aliphatic rings. The number of hydrogen-bond donors (Lipinski definition) is 2. The maximum Gasteiger partial charge on any atom is 0.317 e. The van der Waals surface area contributed by atoms with Crippen LogP contribution in [-0.2, 0) is 22.6 Å². The van der Waals surface area contributed by atoms with Crippen molar-refractivity contribution in [1.82, 2.24) is 15.0 Å². The number of carboxylic acid groups (broad SMARTS) is 1. The molecule has 1 rings (SSSR count). The summed E-state index contributed by atoms with van der Waals surface area (Å²) in [5, 5.41) is 12.3. The zero-order valence-electron chi connectivity index (χ0n) is 9.42. The number of nitrogens with two attached hydrogens (primary N) is 1. The van der Waals surface area contributed by atoms with Gasteiger partial charge < -0.3 is 15.4 Å². The van der Waals surface area contributed by atoms with Gasteiger partial charge in [0, 0.05) is 6.42 Å². The Kier molecular flexibility index (Phi) is 4.58. The number of aliphatic carboxylic acids is 1. The monoisotopic (exact) mass is 242 g/mol. The molecular formula is C9H14N4O4. The van der Waals surface area contributed by atoms with Crippen LogP contribution in [0.2, 0.25) is 0 Å². The molecular weight excluding hydrogens is 228 g/mol. The third-order valence-corrected chi connectivity index (χ3v) is 1.92. The molecule has 0 radical (unpaired) electrons. The second-order valence-corrected chi connectivity index (χ2v) is 3.46. The van der Waals surface area contributed by atoms with Crippen LogP contribution in [0.5, 0.6) is 0 Å². The van der Waals surface area contributed by atoms with E-state index in [1.54, 1.807) is 0 Å². The van der Waals surface area contributed by atoms with E-state index in [2.05, 4.69) is 10.1 Å². The van der Waals surface area contributed by atoms with Gasteiger partial charge in [-0.2, -0.15) is 4.98 Å². The predicted octanol–water partition coefficient (Wildman–Crippen LogP) is -0.996. The highest BCUT2D eigenvalue weighted by molar-refractivity contribution is 5.77. The molecule has 94 valence electrons. The molecule has 8 nitrogen and oxygen atoms in total. The Hall–Kier alpha value is -1.96. The summed E-state index contributed by atoms with van der Waals surface area (Å²) in [7, 11) is 0. The molecule has 0 atom stereocenters. The summed E-state index contributed by atoms with van der Waals surface area (Å²) in [6, 6.07) is 0. The topological polar surface area (TPSA) is 123 Å². The minimum Gasteiger partial charge on any atom is -0.480 e. The molecule has 0 aromatic carbocycles. The number of primary amides is 1. The van der Waals surface area contributed by atoms with Gasteiger partial charge in [-0.05, 0) is 0 Å². The van der Waals surface area contributed by atoms with E-state index in [1.807, 2.05) is 6.92 Å². The van der Waals surface area contributed by atoms with E-state index in [9.17, 15) is 9.59 Å². The van der Waals surface area contributed by atoms with Crippen molar-refractivity contribution in [3.63, 3.8) is 0 Å². The highest BCUT2D eigenvalue weighted by Crippen LogP contribution is 2.02. The van der Waals surface area contributed by atoms with Crippen molar-refractivity contribution in [3.8, 4) is 0 Å². The summed E-state index contributed by atoms with van der Waals surface area (Å²) in [5.74, 6) is -0.860. The summed E-state index contributed by atoms with van der Waals surface area (Å²) in [5.41, 5.74) is 5.01. The second kappa shape index (κ2) is 5.94. The van der Waals surface area contributed by atoms with Crippen molar-refractivity contribution >= 4 is 11.9 Å². The van der Waals surface area contributed by atoms with E-state index in [0.717, 1.165) is 0 Å². The number of carboxylic acids is 1. The number of rotatable bonds is 7. The molecule has 17 heavy (non-hydrogen) atoms. The molecule has 1 aromatic heterocycles. The van der Waals surface area contributed by atoms with Gasteiger partial charge in [-0.25, -0.2) is 0 Å². The molecule has 1 amide bonds. The number of carbonyl (C=O) groups excluding carboxylic acids is 1. The van der Waals surface area contributed by atoms with Crippen molar-refractivity contribution in [2.75, 3.05) is 13.1 Å². The fourth-order valence-electron chi connectivity index (χ4n) is 1.27. The van der Waals surface area contributed by atoms with Gasteiger partial charge in [0.1, 0.15) is 0 Å². The van der Waals surface area contributed by atoms with Crippen LogP contribution in [0.4, 0.5) is 0 Å².